The van der Waals surface area contributed by atoms with Gasteiger partial charge in [0.05, 0.1) is 7.11 Å². The number of ether oxygens (including phenoxy) is 1. The highest BCUT2D eigenvalue weighted by Crippen LogP contribution is 2.26. The lowest BCUT2D eigenvalue weighted by atomic mass is 10.3. The summed E-state index contributed by atoms with van der Waals surface area (Å²) in [5, 5.41) is 0. The third-order valence-corrected chi connectivity index (χ3v) is 6.85. The van der Waals surface area contributed by atoms with Gasteiger partial charge in [0.2, 0.25) is 0 Å². The molecule has 1 aromatic rings. The lowest BCUT2D eigenvalue weighted by Gasteiger charge is -2.14. The SMILES string of the molecule is COC(=O)c1cc(CSCC[Si](C)(C)C)c(C)s1. The topological polar surface area (TPSA) is 26.3 Å². The van der Waals surface area contributed by atoms with Crippen molar-refractivity contribution in [2.75, 3.05) is 12.9 Å². The minimum Gasteiger partial charge on any atom is -0.465 e. The fourth-order valence-electron chi connectivity index (χ4n) is 1.42. The molecule has 1 aromatic heterocycles. The van der Waals surface area contributed by atoms with Crippen LogP contribution in [0.1, 0.15) is 20.1 Å². The average molecular weight is 303 g/mol. The van der Waals surface area contributed by atoms with Gasteiger partial charge in [0, 0.05) is 18.7 Å². The third-order valence-electron chi connectivity index (χ3n) is 2.66. The molecule has 0 saturated heterocycles. The zero-order valence-electron chi connectivity index (χ0n) is 11.8. The van der Waals surface area contributed by atoms with Crippen LogP contribution in [0.5, 0.6) is 0 Å². The molecule has 0 radical (unpaired) electrons. The number of thioether (sulfide) groups is 1. The molecule has 0 unspecified atom stereocenters. The normalized spacial score (nSPS) is 11.6. The Morgan fingerprint density at radius 2 is 2.11 bits per heavy atom. The second kappa shape index (κ2) is 6.77. The molecule has 0 bridgehead atoms. The molecule has 0 aliphatic carbocycles. The van der Waals surface area contributed by atoms with Crippen LogP contribution in [0.3, 0.4) is 0 Å². The molecular formula is C13H22O2S2Si. The van der Waals surface area contributed by atoms with E-state index in [1.165, 1.54) is 40.7 Å². The summed E-state index contributed by atoms with van der Waals surface area (Å²) in [5.74, 6) is 2.00. The Labute approximate surface area is 119 Å². The largest absolute Gasteiger partial charge is 0.465 e. The van der Waals surface area contributed by atoms with Gasteiger partial charge in [-0.25, -0.2) is 4.79 Å². The van der Waals surface area contributed by atoms with Crippen LogP contribution in [0.25, 0.3) is 0 Å². The van der Waals surface area contributed by atoms with Gasteiger partial charge in [0.25, 0.3) is 0 Å². The van der Waals surface area contributed by atoms with Gasteiger partial charge in [-0.2, -0.15) is 11.8 Å². The highest BCUT2D eigenvalue weighted by atomic mass is 32.2. The molecule has 2 nitrogen and oxygen atoms in total. The van der Waals surface area contributed by atoms with E-state index in [4.69, 9.17) is 4.74 Å². The van der Waals surface area contributed by atoms with Crippen molar-refractivity contribution >= 4 is 37.1 Å². The number of hydrogen-bond donors (Lipinski definition) is 0. The molecule has 0 N–H and O–H groups in total. The number of esters is 1. The summed E-state index contributed by atoms with van der Waals surface area (Å²) in [6.45, 7) is 9.28. The van der Waals surface area contributed by atoms with Gasteiger partial charge < -0.3 is 4.74 Å². The van der Waals surface area contributed by atoms with Gasteiger partial charge in [-0.3, -0.25) is 0 Å². The minimum atomic E-state index is -0.920. The van der Waals surface area contributed by atoms with E-state index in [9.17, 15) is 4.79 Å². The summed E-state index contributed by atoms with van der Waals surface area (Å²) in [7, 11) is 0.511. The number of methoxy groups -OCH3 is 1. The maximum atomic E-state index is 11.4. The van der Waals surface area contributed by atoms with Crippen molar-refractivity contribution in [1.82, 2.24) is 0 Å². The highest BCUT2D eigenvalue weighted by molar-refractivity contribution is 7.98. The van der Waals surface area contributed by atoms with Crippen molar-refractivity contribution in [2.45, 2.75) is 38.4 Å². The molecule has 0 aliphatic heterocycles. The first-order valence-electron chi connectivity index (χ1n) is 6.09. The molecule has 18 heavy (non-hydrogen) atoms. The predicted molar refractivity (Wildman–Crippen MR) is 84.7 cm³/mol. The van der Waals surface area contributed by atoms with Crippen LogP contribution < -0.4 is 0 Å². The summed E-state index contributed by atoms with van der Waals surface area (Å²) in [5.41, 5.74) is 1.28. The zero-order valence-corrected chi connectivity index (χ0v) is 14.5. The number of aryl methyl sites for hydroxylation is 1. The fourth-order valence-corrected chi connectivity index (χ4v) is 6.17. The molecule has 0 aliphatic rings. The van der Waals surface area contributed by atoms with Crippen LogP contribution >= 0.6 is 23.1 Å². The zero-order chi connectivity index (χ0) is 13.8. The molecular weight excluding hydrogens is 280 g/mol. The van der Waals surface area contributed by atoms with Crippen molar-refractivity contribution in [1.29, 1.82) is 0 Å². The van der Waals surface area contributed by atoms with E-state index in [1.807, 2.05) is 17.8 Å². The highest BCUT2D eigenvalue weighted by Gasteiger charge is 2.14. The maximum absolute atomic E-state index is 11.4. The summed E-state index contributed by atoms with van der Waals surface area (Å²) < 4.78 is 4.75. The van der Waals surface area contributed by atoms with E-state index in [0.29, 0.717) is 0 Å². The summed E-state index contributed by atoms with van der Waals surface area (Å²) >= 11 is 3.50. The Kier molecular flexibility index (Phi) is 5.94. The molecule has 0 amide bonds. The van der Waals surface area contributed by atoms with Gasteiger partial charge in [-0.1, -0.05) is 19.6 Å². The Morgan fingerprint density at radius 1 is 1.44 bits per heavy atom. The predicted octanol–water partition coefficient (Wildman–Crippen LogP) is 4.41. The molecule has 5 heteroatoms. The number of carbonyl (C=O) groups is 1. The number of carbonyl (C=O) groups excluding carboxylic acids is 1. The second-order valence-electron chi connectivity index (χ2n) is 5.55. The van der Waals surface area contributed by atoms with Crippen molar-refractivity contribution < 1.29 is 9.53 Å². The Hall–Kier alpha value is -0.263. The van der Waals surface area contributed by atoms with Crippen LogP contribution in [0, 0.1) is 6.92 Å². The van der Waals surface area contributed by atoms with E-state index in [0.717, 1.165) is 10.6 Å². The van der Waals surface area contributed by atoms with Gasteiger partial charge in [-0.15, -0.1) is 11.3 Å². The third kappa shape index (κ3) is 5.16. The Morgan fingerprint density at radius 3 is 2.67 bits per heavy atom. The molecule has 1 heterocycles. The van der Waals surface area contributed by atoms with E-state index >= 15 is 0 Å². The number of thiophene rings is 1. The van der Waals surface area contributed by atoms with Crippen molar-refractivity contribution in [3.05, 3.63) is 21.4 Å². The molecule has 0 atom stereocenters. The lowest BCUT2D eigenvalue weighted by Crippen LogP contribution is -2.19. The van der Waals surface area contributed by atoms with Crippen molar-refractivity contribution in [3.63, 3.8) is 0 Å². The molecule has 1 rings (SSSR count). The quantitative estimate of drug-likeness (QED) is 0.442. The van der Waals surface area contributed by atoms with Crippen LogP contribution in [0.15, 0.2) is 6.07 Å². The Bertz CT molecular complexity index is 408. The van der Waals surface area contributed by atoms with Crippen LogP contribution in [-0.4, -0.2) is 26.9 Å². The average Bonchev–Trinajstić information content (AvgIpc) is 2.64. The van der Waals surface area contributed by atoms with Gasteiger partial charge in [0.1, 0.15) is 4.88 Å². The van der Waals surface area contributed by atoms with Gasteiger partial charge in [-0.05, 0) is 30.4 Å². The van der Waals surface area contributed by atoms with E-state index in [2.05, 4.69) is 26.6 Å². The van der Waals surface area contributed by atoms with Crippen molar-refractivity contribution in [2.24, 2.45) is 0 Å². The van der Waals surface area contributed by atoms with E-state index in [1.54, 1.807) is 0 Å². The summed E-state index contributed by atoms with van der Waals surface area (Å²) in [6.07, 6.45) is 0. The lowest BCUT2D eigenvalue weighted by molar-refractivity contribution is 0.0606. The molecule has 102 valence electrons. The first kappa shape index (κ1) is 15.8. The van der Waals surface area contributed by atoms with Gasteiger partial charge >= 0.3 is 5.97 Å². The smallest absolute Gasteiger partial charge is 0.348 e. The number of hydrogen-bond acceptors (Lipinski definition) is 4. The molecule has 0 aromatic carbocycles. The molecule has 0 spiro atoms. The molecule has 0 saturated carbocycles. The first-order chi connectivity index (χ1) is 8.33. The Balaban J connectivity index is 2.48. The monoisotopic (exact) mass is 302 g/mol. The number of rotatable bonds is 6. The van der Waals surface area contributed by atoms with Crippen molar-refractivity contribution in [3.8, 4) is 0 Å². The summed E-state index contributed by atoms with van der Waals surface area (Å²) in [4.78, 5) is 13.4. The second-order valence-corrected chi connectivity index (χ2v) is 13.5. The first-order valence-corrected chi connectivity index (χ1v) is 11.8. The molecule has 0 fully saturated rings. The standard InChI is InChI=1S/C13H22O2S2Si/c1-10-11(8-12(17-10)13(14)15-2)9-16-6-7-18(3,4)5/h8H,6-7,9H2,1-5H3. The van der Waals surface area contributed by atoms with Crippen LogP contribution in [0.2, 0.25) is 25.7 Å². The minimum absolute atomic E-state index is 0.221. The fraction of sp³-hybridized carbons (Fsp3) is 0.615. The van der Waals surface area contributed by atoms with Crippen LogP contribution in [-0.2, 0) is 10.5 Å². The summed E-state index contributed by atoms with van der Waals surface area (Å²) in [6, 6.07) is 3.33. The van der Waals surface area contributed by atoms with Gasteiger partial charge in [0.15, 0.2) is 0 Å². The van der Waals surface area contributed by atoms with E-state index in [-0.39, 0.29) is 5.97 Å². The maximum Gasteiger partial charge on any atom is 0.348 e. The van der Waals surface area contributed by atoms with E-state index < -0.39 is 8.07 Å². The van der Waals surface area contributed by atoms with Crippen LogP contribution in [0.4, 0.5) is 0 Å².